The number of urea groups is 1. The number of imidazole rings is 1. The average Bonchev–Trinajstić information content (AvgIpc) is 3.24. The van der Waals surface area contributed by atoms with Gasteiger partial charge in [0.15, 0.2) is 0 Å². The molecule has 14 heteroatoms. The molecule has 0 spiro atoms. The number of ether oxygens (including phenoxy) is 1. The molecule has 4 rings (SSSR count). The molecule has 2 aromatic heterocycles. The van der Waals surface area contributed by atoms with E-state index in [-0.39, 0.29) is 28.2 Å². The number of hydrogen-bond donors (Lipinski definition) is 4. The zero-order valence-corrected chi connectivity index (χ0v) is 19.0. The molecular formula is C22H16ClF3N6O4. The summed E-state index contributed by atoms with van der Waals surface area (Å²) in [5.74, 6) is 0.705. The zero-order valence-electron chi connectivity index (χ0n) is 18.2. The molecule has 0 aliphatic rings. The predicted molar refractivity (Wildman–Crippen MR) is 126 cm³/mol. The topological polar surface area (TPSA) is 132 Å². The molecule has 186 valence electrons. The number of nitrogens with one attached hydrogen (secondary N) is 3. The van der Waals surface area contributed by atoms with Crippen molar-refractivity contribution in [3.05, 3.63) is 65.3 Å². The lowest BCUT2D eigenvalue weighted by atomic mass is 10.2. The van der Waals surface area contributed by atoms with Gasteiger partial charge in [-0.15, -0.1) is 0 Å². The van der Waals surface area contributed by atoms with Crippen LogP contribution in [0.3, 0.4) is 0 Å². The molecule has 4 N–H and O–H groups in total. The fourth-order valence-corrected chi connectivity index (χ4v) is 3.17. The second-order valence-corrected chi connectivity index (χ2v) is 7.75. The highest BCUT2D eigenvalue weighted by Crippen LogP contribution is 2.34. The molecular weight excluding hydrogens is 505 g/mol. The molecule has 0 saturated carbocycles. The molecule has 0 atom stereocenters. The normalized spacial score (nSPS) is 11.2. The minimum absolute atomic E-state index is 0.0596. The molecule has 0 aliphatic heterocycles. The third-order valence-electron chi connectivity index (χ3n) is 4.81. The van der Waals surface area contributed by atoms with Crippen molar-refractivity contribution in [1.29, 1.82) is 0 Å². The SMILES string of the molecule is CN(C(=O)O)c1nc2cc(Oc3ccc(NC(=O)Nc4cc(C(F)(F)F)ccc4Cl)cn3)ccc2[nH]1. The van der Waals surface area contributed by atoms with Gasteiger partial charge in [-0.05, 0) is 36.4 Å². The Morgan fingerprint density at radius 1 is 1.11 bits per heavy atom. The van der Waals surface area contributed by atoms with Gasteiger partial charge in [0.05, 0.1) is 39.2 Å². The number of alkyl halides is 3. The van der Waals surface area contributed by atoms with Crippen LogP contribution in [0, 0.1) is 0 Å². The van der Waals surface area contributed by atoms with E-state index in [2.05, 4.69) is 25.6 Å². The van der Waals surface area contributed by atoms with Crippen molar-refractivity contribution in [3.63, 3.8) is 0 Å². The Kier molecular flexibility index (Phi) is 6.57. The van der Waals surface area contributed by atoms with Crippen molar-refractivity contribution in [3.8, 4) is 11.6 Å². The quantitative estimate of drug-likeness (QED) is 0.248. The highest BCUT2D eigenvalue weighted by atomic mass is 35.5. The molecule has 0 aliphatic carbocycles. The maximum absolute atomic E-state index is 12.9. The second-order valence-electron chi connectivity index (χ2n) is 7.34. The fourth-order valence-electron chi connectivity index (χ4n) is 3.00. The molecule has 2 aromatic carbocycles. The van der Waals surface area contributed by atoms with E-state index in [1.165, 1.54) is 25.4 Å². The molecule has 0 fully saturated rings. The minimum atomic E-state index is -4.59. The van der Waals surface area contributed by atoms with Crippen LogP contribution in [-0.2, 0) is 6.18 Å². The molecule has 36 heavy (non-hydrogen) atoms. The number of fused-ring (bicyclic) bond motifs is 1. The monoisotopic (exact) mass is 520 g/mol. The number of anilines is 3. The number of halogens is 4. The summed E-state index contributed by atoms with van der Waals surface area (Å²) in [7, 11) is 1.35. The van der Waals surface area contributed by atoms with Crippen LogP contribution in [0.25, 0.3) is 11.0 Å². The van der Waals surface area contributed by atoms with E-state index in [0.717, 1.165) is 23.1 Å². The summed E-state index contributed by atoms with van der Waals surface area (Å²) in [5, 5.41) is 13.7. The van der Waals surface area contributed by atoms with E-state index < -0.39 is 23.9 Å². The van der Waals surface area contributed by atoms with Crippen LogP contribution in [0.1, 0.15) is 5.56 Å². The predicted octanol–water partition coefficient (Wildman–Crippen LogP) is 6.18. The van der Waals surface area contributed by atoms with Crippen molar-refractivity contribution in [1.82, 2.24) is 15.0 Å². The van der Waals surface area contributed by atoms with E-state index in [4.69, 9.17) is 21.4 Å². The van der Waals surface area contributed by atoms with Crippen molar-refractivity contribution >= 4 is 52.1 Å². The third-order valence-corrected chi connectivity index (χ3v) is 5.13. The number of aromatic amines is 1. The first kappa shape index (κ1) is 24.6. The number of hydrogen-bond acceptors (Lipinski definition) is 5. The third kappa shape index (κ3) is 5.58. The summed E-state index contributed by atoms with van der Waals surface area (Å²) in [6, 6.07) is 9.58. The standard InChI is InChI=1S/C22H16ClF3N6O4/c1-32(21(34)35)19-29-15-6-4-13(9-17(15)30-19)36-18-7-3-12(10-27-18)28-20(33)31-16-8-11(22(24,25)26)2-5-14(16)23/h2-10H,1H3,(H,29,30)(H,34,35)(H2,28,31,33). The first-order valence-corrected chi connectivity index (χ1v) is 10.4. The average molecular weight is 521 g/mol. The van der Waals surface area contributed by atoms with Gasteiger partial charge in [0, 0.05) is 19.2 Å². The van der Waals surface area contributed by atoms with Crippen LogP contribution in [0.4, 0.5) is 40.1 Å². The molecule has 0 saturated heterocycles. The first-order chi connectivity index (χ1) is 17.0. The van der Waals surface area contributed by atoms with Gasteiger partial charge in [0.1, 0.15) is 5.75 Å². The summed E-state index contributed by atoms with van der Waals surface area (Å²) in [4.78, 5) is 35.4. The maximum atomic E-state index is 12.9. The fraction of sp³-hybridized carbons (Fsp3) is 0.0909. The largest absolute Gasteiger partial charge is 0.465 e. The number of pyridine rings is 1. The summed E-state index contributed by atoms with van der Waals surface area (Å²) >= 11 is 5.88. The van der Waals surface area contributed by atoms with Crippen molar-refractivity contribution in [2.45, 2.75) is 6.18 Å². The second kappa shape index (κ2) is 9.62. The number of rotatable bonds is 5. The Labute approximate surface area is 205 Å². The van der Waals surface area contributed by atoms with Crippen LogP contribution in [0.5, 0.6) is 11.6 Å². The Hall–Kier alpha value is -4.52. The molecule has 2 heterocycles. The van der Waals surface area contributed by atoms with Crippen molar-refractivity contribution in [2.75, 3.05) is 22.6 Å². The van der Waals surface area contributed by atoms with Crippen molar-refractivity contribution < 1.29 is 32.6 Å². The smallest absolute Gasteiger partial charge is 0.416 e. The number of aromatic nitrogens is 3. The number of amides is 3. The molecule has 0 bridgehead atoms. The summed E-state index contributed by atoms with van der Waals surface area (Å²) < 4.78 is 44.4. The molecule has 10 nitrogen and oxygen atoms in total. The lowest BCUT2D eigenvalue weighted by Crippen LogP contribution is -2.24. The van der Waals surface area contributed by atoms with Gasteiger partial charge in [-0.2, -0.15) is 13.2 Å². The Morgan fingerprint density at radius 3 is 2.56 bits per heavy atom. The maximum Gasteiger partial charge on any atom is 0.416 e. The molecule has 3 amide bonds. The molecule has 4 aromatic rings. The number of carbonyl (C=O) groups is 2. The van der Waals surface area contributed by atoms with Gasteiger partial charge in [-0.3, -0.25) is 4.90 Å². The van der Waals surface area contributed by atoms with Crippen LogP contribution in [-0.4, -0.2) is 39.2 Å². The van der Waals surface area contributed by atoms with E-state index in [9.17, 15) is 22.8 Å². The summed E-state index contributed by atoms with van der Waals surface area (Å²) in [6.07, 6.45) is -4.47. The van der Waals surface area contributed by atoms with E-state index in [0.29, 0.717) is 16.8 Å². The Balaban J connectivity index is 1.40. The first-order valence-electron chi connectivity index (χ1n) is 10.0. The van der Waals surface area contributed by atoms with Crippen LogP contribution < -0.4 is 20.3 Å². The van der Waals surface area contributed by atoms with E-state index in [1.807, 2.05) is 0 Å². The molecule has 0 radical (unpaired) electrons. The number of nitrogens with zero attached hydrogens (tertiary/aromatic N) is 3. The van der Waals surface area contributed by atoms with Crippen LogP contribution >= 0.6 is 11.6 Å². The molecule has 0 unspecified atom stereocenters. The Morgan fingerprint density at radius 2 is 1.89 bits per heavy atom. The zero-order chi connectivity index (χ0) is 26.0. The van der Waals surface area contributed by atoms with Crippen LogP contribution in [0.2, 0.25) is 5.02 Å². The highest BCUT2D eigenvalue weighted by molar-refractivity contribution is 6.33. The van der Waals surface area contributed by atoms with Gasteiger partial charge in [0.25, 0.3) is 0 Å². The minimum Gasteiger partial charge on any atom is -0.465 e. The number of carbonyl (C=O) groups excluding carboxylic acids is 1. The van der Waals surface area contributed by atoms with E-state index in [1.54, 1.807) is 18.2 Å². The number of benzene rings is 2. The summed E-state index contributed by atoms with van der Waals surface area (Å²) in [6.45, 7) is 0. The van der Waals surface area contributed by atoms with Gasteiger partial charge in [-0.25, -0.2) is 19.6 Å². The van der Waals surface area contributed by atoms with Gasteiger partial charge in [0.2, 0.25) is 11.8 Å². The van der Waals surface area contributed by atoms with Crippen molar-refractivity contribution in [2.24, 2.45) is 0 Å². The van der Waals surface area contributed by atoms with Gasteiger partial charge in [-0.1, -0.05) is 11.6 Å². The Bertz CT molecular complexity index is 1440. The van der Waals surface area contributed by atoms with E-state index >= 15 is 0 Å². The lowest BCUT2D eigenvalue weighted by molar-refractivity contribution is -0.137. The summed E-state index contributed by atoms with van der Waals surface area (Å²) in [5.41, 5.74) is 0.155. The lowest BCUT2D eigenvalue weighted by Gasteiger charge is -2.12. The van der Waals surface area contributed by atoms with Crippen LogP contribution in [0.15, 0.2) is 54.7 Å². The number of carboxylic acid groups (broad SMARTS) is 1. The van der Waals surface area contributed by atoms with Gasteiger partial charge < -0.3 is 25.5 Å². The highest BCUT2D eigenvalue weighted by Gasteiger charge is 2.31. The van der Waals surface area contributed by atoms with Gasteiger partial charge >= 0.3 is 18.3 Å². The number of H-pyrrole nitrogens is 1.